The lowest BCUT2D eigenvalue weighted by Gasteiger charge is -2.04. The topological polar surface area (TPSA) is 34.9 Å². The van der Waals surface area contributed by atoms with Gasteiger partial charge in [0.2, 0.25) is 0 Å². The second-order valence-electron chi connectivity index (χ2n) is 3.93. The van der Waals surface area contributed by atoms with E-state index in [-0.39, 0.29) is 5.56 Å². The van der Waals surface area contributed by atoms with Gasteiger partial charge in [-0.15, -0.1) is 5.92 Å². The van der Waals surface area contributed by atoms with Gasteiger partial charge in [0.25, 0.3) is 5.56 Å². The van der Waals surface area contributed by atoms with E-state index in [0.717, 1.165) is 17.7 Å². The molecule has 0 aliphatic carbocycles. The van der Waals surface area contributed by atoms with Crippen LogP contribution in [0.4, 0.5) is 0 Å². The second-order valence-corrected chi connectivity index (χ2v) is 4.36. The minimum atomic E-state index is -0.150. The van der Waals surface area contributed by atoms with Gasteiger partial charge in [-0.25, -0.2) is 4.68 Å². The molecule has 0 spiro atoms. The predicted octanol–water partition coefficient (Wildman–Crippen LogP) is 2.98. The van der Waals surface area contributed by atoms with E-state index in [9.17, 15) is 4.79 Å². The lowest BCUT2D eigenvalue weighted by molar-refractivity contribution is 0.666. The van der Waals surface area contributed by atoms with Crippen LogP contribution in [0.25, 0.3) is 11.3 Å². The molecule has 0 amide bonds. The molecule has 0 radical (unpaired) electrons. The molecule has 3 nitrogen and oxygen atoms in total. The Kier molecular flexibility index (Phi) is 4.38. The van der Waals surface area contributed by atoms with Gasteiger partial charge in [0, 0.05) is 23.1 Å². The van der Waals surface area contributed by atoms with Gasteiger partial charge >= 0.3 is 0 Å². The van der Waals surface area contributed by atoms with E-state index in [1.807, 2.05) is 19.1 Å². The van der Waals surface area contributed by atoms with Crippen LogP contribution in [-0.2, 0) is 6.54 Å². The average Bonchev–Trinajstić information content (AvgIpc) is 2.42. The monoisotopic (exact) mass is 272 g/mol. The van der Waals surface area contributed by atoms with Crippen molar-refractivity contribution in [3.05, 3.63) is 51.8 Å². The van der Waals surface area contributed by atoms with Crippen molar-refractivity contribution in [2.45, 2.75) is 19.9 Å². The number of hydrogen-bond acceptors (Lipinski definition) is 2. The number of hydrogen-bond donors (Lipinski definition) is 0. The summed E-state index contributed by atoms with van der Waals surface area (Å²) < 4.78 is 1.37. The van der Waals surface area contributed by atoms with Gasteiger partial charge in [-0.2, -0.15) is 5.10 Å². The minimum Gasteiger partial charge on any atom is -0.268 e. The van der Waals surface area contributed by atoms with Crippen LogP contribution in [0.15, 0.2) is 41.2 Å². The van der Waals surface area contributed by atoms with E-state index in [1.165, 1.54) is 10.7 Å². The standard InChI is InChI=1S/C15H13ClN2O/c1-2-3-4-11-18-15(19)10-9-14(17-18)12-5-7-13(16)8-6-12/h5-10H,2,11H2,1H3. The van der Waals surface area contributed by atoms with E-state index in [2.05, 4.69) is 16.9 Å². The Hall–Kier alpha value is -2.05. The highest BCUT2D eigenvalue weighted by Gasteiger charge is 2.02. The molecule has 2 rings (SSSR count). The molecule has 96 valence electrons. The first-order valence-electron chi connectivity index (χ1n) is 6.00. The molecule has 0 fully saturated rings. The lowest BCUT2D eigenvalue weighted by Crippen LogP contribution is -2.21. The number of halogens is 1. The molecule has 1 aromatic heterocycles. The van der Waals surface area contributed by atoms with E-state index in [4.69, 9.17) is 11.6 Å². The van der Waals surface area contributed by atoms with Crippen LogP contribution in [0.3, 0.4) is 0 Å². The maximum absolute atomic E-state index is 11.7. The summed E-state index contributed by atoms with van der Waals surface area (Å²) in [6.45, 7) is 2.28. The molecular weight excluding hydrogens is 260 g/mol. The van der Waals surface area contributed by atoms with Crippen molar-refractivity contribution < 1.29 is 0 Å². The van der Waals surface area contributed by atoms with Crippen LogP contribution in [-0.4, -0.2) is 9.78 Å². The highest BCUT2D eigenvalue weighted by molar-refractivity contribution is 6.30. The Morgan fingerprint density at radius 3 is 2.58 bits per heavy atom. The zero-order chi connectivity index (χ0) is 13.7. The lowest BCUT2D eigenvalue weighted by atomic mass is 10.1. The first kappa shape index (κ1) is 13.4. The molecule has 2 aromatic rings. The first-order valence-corrected chi connectivity index (χ1v) is 6.38. The predicted molar refractivity (Wildman–Crippen MR) is 77.0 cm³/mol. The van der Waals surface area contributed by atoms with E-state index in [0.29, 0.717) is 11.6 Å². The quantitative estimate of drug-likeness (QED) is 0.788. The average molecular weight is 273 g/mol. The van der Waals surface area contributed by atoms with Crippen LogP contribution in [0.2, 0.25) is 5.02 Å². The molecule has 1 heterocycles. The summed E-state index contributed by atoms with van der Waals surface area (Å²) >= 11 is 5.85. The molecule has 0 saturated heterocycles. The van der Waals surface area contributed by atoms with Gasteiger partial charge < -0.3 is 0 Å². The zero-order valence-corrected chi connectivity index (χ0v) is 11.3. The molecule has 19 heavy (non-hydrogen) atoms. The van der Waals surface area contributed by atoms with Crippen LogP contribution in [0.5, 0.6) is 0 Å². The van der Waals surface area contributed by atoms with Gasteiger partial charge in [-0.3, -0.25) is 4.79 Å². The van der Waals surface area contributed by atoms with Crippen molar-refractivity contribution in [2.24, 2.45) is 0 Å². The van der Waals surface area contributed by atoms with Gasteiger partial charge in [-0.1, -0.05) is 36.6 Å². The van der Waals surface area contributed by atoms with Crippen LogP contribution in [0, 0.1) is 11.8 Å². The molecule has 0 unspecified atom stereocenters. The summed E-state index contributed by atoms with van der Waals surface area (Å²) in [6, 6.07) is 10.5. The van der Waals surface area contributed by atoms with Crippen molar-refractivity contribution in [3.8, 4) is 23.1 Å². The zero-order valence-electron chi connectivity index (χ0n) is 10.6. The van der Waals surface area contributed by atoms with E-state index >= 15 is 0 Å². The molecule has 0 saturated carbocycles. The molecular formula is C15H13ClN2O. The highest BCUT2D eigenvalue weighted by Crippen LogP contribution is 2.18. The largest absolute Gasteiger partial charge is 0.268 e. The fraction of sp³-hybridized carbons (Fsp3) is 0.200. The van der Waals surface area contributed by atoms with Crippen LogP contribution < -0.4 is 5.56 Å². The summed E-state index contributed by atoms with van der Waals surface area (Å²) in [5.74, 6) is 5.83. The van der Waals surface area contributed by atoms with Crippen molar-refractivity contribution in [3.63, 3.8) is 0 Å². The Morgan fingerprint density at radius 1 is 1.16 bits per heavy atom. The smallest absolute Gasteiger partial charge is 0.267 e. The first-order chi connectivity index (χ1) is 9.20. The number of nitrogens with zero attached hydrogens (tertiary/aromatic N) is 2. The van der Waals surface area contributed by atoms with Crippen molar-refractivity contribution in [1.29, 1.82) is 0 Å². The normalized spacial score (nSPS) is 9.79. The fourth-order valence-corrected chi connectivity index (χ4v) is 1.72. The summed E-state index contributed by atoms with van der Waals surface area (Å²) in [7, 11) is 0. The van der Waals surface area contributed by atoms with E-state index in [1.54, 1.807) is 18.2 Å². The van der Waals surface area contributed by atoms with Gasteiger partial charge in [0.05, 0.1) is 5.69 Å². The highest BCUT2D eigenvalue weighted by atomic mass is 35.5. The third-order valence-corrected chi connectivity index (χ3v) is 2.79. The fourth-order valence-electron chi connectivity index (χ4n) is 1.59. The summed E-state index contributed by atoms with van der Waals surface area (Å²) in [5, 5.41) is 4.97. The summed E-state index contributed by atoms with van der Waals surface area (Å²) in [5.41, 5.74) is 1.50. The Labute approximate surface area is 116 Å². The molecule has 1 aromatic carbocycles. The Morgan fingerprint density at radius 2 is 1.89 bits per heavy atom. The molecule has 0 atom stereocenters. The summed E-state index contributed by atoms with van der Waals surface area (Å²) in [4.78, 5) is 11.7. The molecule has 0 N–H and O–H groups in total. The third kappa shape index (κ3) is 3.46. The number of aromatic nitrogens is 2. The van der Waals surface area contributed by atoms with Gasteiger partial charge in [0.1, 0.15) is 6.54 Å². The molecule has 0 aliphatic heterocycles. The SMILES string of the molecule is CCC#CCn1nc(-c2ccc(Cl)cc2)ccc1=O. The second kappa shape index (κ2) is 6.21. The van der Waals surface area contributed by atoms with Crippen LogP contribution in [0.1, 0.15) is 13.3 Å². The third-order valence-electron chi connectivity index (χ3n) is 2.54. The molecule has 0 aliphatic rings. The van der Waals surface area contributed by atoms with Crippen LogP contribution >= 0.6 is 11.6 Å². The summed E-state index contributed by atoms with van der Waals surface area (Å²) in [6.07, 6.45) is 0.769. The van der Waals surface area contributed by atoms with Crippen molar-refractivity contribution in [1.82, 2.24) is 9.78 Å². The van der Waals surface area contributed by atoms with Crippen molar-refractivity contribution in [2.75, 3.05) is 0 Å². The van der Waals surface area contributed by atoms with Crippen molar-refractivity contribution >= 4 is 11.6 Å². The van der Waals surface area contributed by atoms with Gasteiger partial charge in [0.15, 0.2) is 0 Å². The number of benzene rings is 1. The maximum Gasteiger partial charge on any atom is 0.267 e. The Bertz CT molecular complexity index is 678. The Balaban J connectivity index is 2.35. The van der Waals surface area contributed by atoms with Gasteiger partial charge in [-0.05, 0) is 18.2 Å². The molecule has 4 heteroatoms. The molecule has 0 bridgehead atoms. The maximum atomic E-state index is 11.7. The minimum absolute atomic E-state index is 0.150. The van der Waals surface area contributed by atoms with E-state index < -0.39 is 0 Å². The number of rotatable bonds is 2.